The predicted molar refractivity (Wildman–Crippen MR) is 136 cm³/mol. The second-order valence-electron chi connectivity index (χ2n) is 10.9. The number of ether oxygens (including phenoxy) is 2. The van der Waals surface area contributed by atoms with Gasteiger partial charge in [-0.2, -0.15) is 0 Å². The number of aliphatic hydroxyl groups is 1. The van der Waals surface area contributed by atoms with E-state index in [-0.39, 0.29) is 54.6 Å². The summed E-state index contributed by atoms with van der Waals surface area (Å²) in [5.74, 6) is 0.681. The number of fused-ring (bicyclic) bond motifs is 1. The molecule has 8 nitrogen and oxygen atoms in total. The van der Waals surface area contributed by atoms with Crippen LogP contribution in [0.15, 0.2) is 18.2 Å². The minimum atomic E-state index is -2.82. The average Bonchev–Trinajstić information content (AvgIpc) is 3.31. The van der Waals surface area contributed by atoms with Crippen LogP contribution in [-0.4, -0.2) is 73.9 Å². The Bertz CT molecular complexity index is 935. The summed E-state index contributed by atoms with van der Waals surface area (Å²) in [5, 5.41) is 9.68. The highest BCUT2D eigenvalue weighted by atomic mass is 28.4. The lowest BCUT2D eigenvalue weighted by atomic mass is 9.86. The van der Waals surface area contributed by atoms with E-state index in [9.17, 15) is 19.5 Å². The minimum Gasteiger partial charge on any atom is -0.490 e. The highest BCUT2D eigenvalue weighted by molar-refractivity contribution is 6.71. The van der Waals surface area contributed by atoms with Gasteiger partial charge in [0.2, 0.25) is 11.8 Å². The number of benzene rings is 1. The van der Waals surface area contributed by atoms with E-state index in [1.807, 2.05) is 43.1 Å². The van der Waals surface area contributed by atoms with Crippen molar-refractivity contribution in [3.05, 3.63) is 23.8 Å². The molecule has 3 aliphatic rings. The molecular formula is C26H40N2O6Si. The molecule has 0 aliphatic carbocycles. The Hall–Kier alpha value is -1.94. The number of anilines is 1. The Balaban J connectivity index is 1.61. The largest absolute Gasteiger partial charge is 0.490 e. The molecule has 0 radical (unpaired) electrons. The van der Waals surface area contributed by atoms with Gasteiger partial charge < -0.3 is 29.2 Å². The molecule has 0 saturated carbocycles. The van der Waals surface area contributed by atoms with E-state index in [4.69, 9.17) is 9.47 Å². The Morgan fingerprint density at radius 1 is 1.26 bits per heavy atom. The molecule has 0 spiro atoms. The molecule has 4 rings (SSSR count). The van der Waals surface area contributed by atoms with Crippen molar-refractivity contribution in [3.63, 3.8) is 0 Å². The van der Waals surface area contributed by atoms with Gasteiger partial charge in [-0.05, 0) is 57.0 Å². The van der Waals surface area contributed by atoms with Gasteiger partial charge in [-0.1, -0.05) is 6.92 Å². The second-order valence-corrected chi connectivity index (χ2v) is 14.9. The van der Waals surface area contributed by atoms with Gasteiger partial charge in [0.05, 0.1) is 18.8 Å². The number of hydrogen-bond acceptors (Lipinski definition) is 6. The summed E-state index contributed by atoms with van der Waals surface area (Å²) < 4.78 is 12.5. The van der Waals surface area contributed by atoms with Crippen molar-refractivity contribution in [1.29, 1.82) is 0 Å². The summed E-state index contributed by atoms with van der Waals surface area (Å²) >= 11 is 0. The molecule has 9 heteroatoms. The van der Waals surface area contributed by atoms with Crippen molar-refractivity contribution in [2.45, 2.75) is 82.3 Å². The summed E-state index contributed by atoms with van der Waals surface area (Å²) in [7, 11) is -1.15. The highest BCUT2D eigenvalue weighted by Gasteiger charge is 2.48. The minimum absolute atomic E-state index is 0.0318. The zero-order chi connectivity index (χ0) is 25.3. The topological polar surface area (TPSA) is 99.5 Å². The van der Waals surface area contributed by atoms with Crippen molar-refractivity contribution >= 4 is 25.8 Å². The Morgan fingerprint density at radius 2 is 2.03 bits per heavy atom. The van der Waals surface area contributed by atoms with Crippen LogP contribution in [-0.2, 0) is 14.3 Å². The maximum Gasteiger partial charge on any atom is 0.226 e. The number of piperidine rings is 1. The van der Waals surface area contributed by atoms with Gasteiger partial charge in [0.1, 0.15) is 11.9 Å². The summed E-state index contributed by atoms with van der Waals surface area (Å²) in [6, 6.07) is 5.67. The monoisotopic (exact) mass is 504 g/mol. The fourth-order valence-corrected chi connectivity index (χ4v) is 7.89. The number of rotatable bonds is 7. The Morgan fingerprint density at radius 3 is 2.69 bits per heavy atom. The molecule has 2 fully saturated rings. The molecule has 194 valence electrons. The van der Waals surface area contributed by atoms with Gasteiger partial charge in [-0.3, -0.25) is 9.59 Å². The van der Waals surface area contributed by atoms with Crippen molar-refractivity contribution in [1.82, 2.24) is 4.90 Å². The van der Waals surface area contributed by atoms with Crippen LogP contribution < -0.4 is 9.64 Å². The molecule has 5 atom stereocenters. The van der Waals surface area contributed by atoms with Gasteiger partial charge in [-0.15, -0.1) is 0 Å². The molecule has 1 unspecified atom stereocenters. The number of methoxy groups -OCH3 is 1. The summed E-state index contributed by atoms with van der Waals surface area (Å²) in [6.45, 7) is 7.09. The van der Waals surface area contributed by atoms with Gasteiger partial charge in [0, 0.05) is 55.8 Å². The van der Waals surface area contributed by atoms with E-state index in [2.05, 4.69) is 0 Å². The van der Waals surface area contributed by atoms with Gasteiger partial charge >= 0.3 is 0 Å². The van der Waals surface area contributed by atoms with Crippen LogP contribution in [0.2, 0.25) is 18.6 Å². The van der Waals surface area contributed by atoms with Crippen LogP contribution in [0.3, 0.4) is 0 Å². The fraction of sp³-hybridized carbons (Fsp3) is 0.692. The molecule has 2 N–H and O–H groups in total. The Kier molecular flexibility index (Phi) is 7.90. The van der Waals surface area contributed by atoms with Crippen LogP contribution in [0.1, 0.15) is 57.1 Å². The molecule has 0 bridgehead atoms. The first kappa shape index (κ1) is 26.1. The van der Waals surface area contributed by atoms with Crippen LogP contribution >= 0.6 is 0 Å². The first-order chi connectivity index (χ1) is 16.7. The van der Waals surface area contributed by atoms with Gasteiger partial charge in [0.15, 0.2) is 8.32 Å². The zero-order valence-electron chi connectivity index (χ0n) is 21.4. The maximum atomic E-state index is 13.3. The number of likely N-dealkylation sites (tertiary alicyclic amines) is 1. The Labute approximate surface area is 209 Å². The van der Waals surface area contributed by atoms with Crippen LogP contribution in [0.25, 0.3) is 0 Å². The maximum absolute atomic E-state index is 13.3. The third-order valence-electron chi connectivity index (χ3n) is 8.05. The molecule has 0 aromatic heterocycles. The van der Waals surface area contributed by atoms with E-state index in [0.717, 1.165) is 36.9 Å². The molecule has 1 aromatic rings. The molecular weight excluding hydrogens is 464 g/mol. The fourth-order valence-electron chi connectivity index (χ4n) is 6.04. The lowest BCUT2D eigenvalue weighted by Gasteiger charge is -2.44. The number of carbonyl (C=O) groups excluding carboxylic acids is 2. The van der Waals surface area contributed by atoms with Gasteiger partial charge in [-0.25, -0.2) is 0 Å². The number of carbonyl (C=O) groups is 2. The lowest BCUT2D eigenvalue weighted by Crippen LogP contribution is -2.50. The van der Waals surface area contributed by atoms with E-state index in [1.54, 1.807) is 12.0 Å². The molecule has 2 saturated heterocycles. The number of hydrogen-bond donors (Lipinski definition) is 2. The second kappa shape index (κ2) is 10.6. The van der Waals surface area contributed by atoms with Crippen LogP contribution in [0.5, 0.6) is 5.75 Å². The summed E-state index contributed by atoms with van der Waals surface area (Å²) in [5.41, 5.74) is 1.42. The number of amides is 2. The van der Waals surface area contributed by atoms with E-state index in [1.165, 1.54) is 0 Å². The summed E-state index contributed by atoms with van der Waals surface area (Å²) in [4.78, 5) is 40.6. The first-order valence-electron chi connectivity index (χ1n) is 12.9. The summed E-state index contributed by atoms with van der Waals surface area (Å²) in [6.07, 6.45) is 3.71. The molecule has 3 heterocycles. The van der Waals surface area contributed by atoms with Crippen molar-refractivity contribution < 1.29 is 29.0 Å². The highest BCUT2D eigenvalue weighted by Crippen LogP contribution is 2.48. The first-order valence-corrected chi connectivity index (χ1v) is 15.9. The smallest absolute Gasteiger partial charge is 0.226 e. The van der Waals surface area contributed by atoms with E-state index in [0.29, 0.717) is 25.3 Å². The van der Waals surface area contributed by atoms with Crippen LogP contribution in [0, 0.1) is 5.92 Å². The van der Waals surface area contributed by atoms with Crippen molar-refractivity contribution in [3.8, 4) is 5.75 Å². The third kappa shape index (κ3) is 5.28. The van der Waals surface area contributed by atoms with Crippen molar-refractivity contribution in [2.75, 3.05) is 31.7 Å². The van der Waals surface area contributed by atoms with E-state index < -0.39 is 8.32 Å². The van der Waals surface area contributed by atoms with Crippen LogP contribution in [0.4, 0.5) is 5.69 Å². The third-order valence-corrected chi connectivity index (χ3v) is 10.4. The SMILES string of the molecule is CO[C@@H]1c2cc(N3CCCCC3=O)ccc2O[C@H](C(CC(=O)N2CCC[C@H]2CO)[Si](C)(C)O)[C@H]1C. The lowest BCUT2D eigenvalue weighted by molar-refractivity contribution is -0.133. The van der Waals surface area contributed by atoms with E-state index >= 15 is 0 Å². The molecule has 3 aliphatic heterocycles. The standard InChI is InChI=1S/C26H40N2O6Si/c1-17-25(33-2)20-14-18(27-12-6-5-9-23(27)30)10-11-21(20)34-26(17)22(35(3,4)32)15-24(31)28-13-7-8-19(28)16-29/h10-11,14,17,19,22,25-26,29,32H,5-9,12-13,15-16H2,1-4H3/t17-,19-,22?,25-,26-/m0/s1. The molecule has 35 heavy (non-hydrogen) atoms. The van der Waals surface area contributed by atoms with Crippen molar-refractivity contribution in [2.24, 2.45) is 5.92 Å². The molecule has 2 amide bonds. The normalized spacial score (nSPS) is 28.0. The average molecular weight is 505 g/mol. The number of nitrogens with zero attached hydrogens (tertiary/aromatic N) is 2. The zero-order valence-corrected chi connectivity index (χ0v) is 22.4. The number of aliphatic hydroxyl groups excluding tert-OH is 1. The molecule has 1 aromatic carbocycles. The quantitative estimate of drug-likeness (QED) is 0.553. The predicted octanol–water partition coefficient (Wildman–Crippen LogP) is 3.23. The van der Waals surface area contributed by atoms with Gasteiger partial charge in [0.25, 0.3) is 0 Å².